The summed E-state index contributed by atoms with van der Waals surface area (Å²) in [5, 5.41) is 5.70. The van der Waals surface area contributed by atoms with Crippen LogP contribution in [0.4, 0.5) is 24.7 Å². The van der Waals surface area contributed by atoms with Gasteiger partial charge in [0.15, 0.2) is 0 Å². The van der Waals surface area contributed by atoms with Gasteiger partial charge in [0.1, 0.15) is 5.82 Å². The van der Waals surface area contributed by atoms with Crippen LogP contribution in [0.5, 0.6) is 0 Å². The molecule has 31 heavy (non-hydrogen) atoms. The van der Waals surface area contributed by atoms with E-state index in [1.807, 2.05) is 0 Å². The third kappa shape index (κ3) is 5.15. The summed E-state index contributed by atoms with van der Waals surface area (Å²) in [7, 11) is 0. The maximum Gasteiger partial charge on any atom is 0.419 e. The zero-order valence-electron chi connectivity index (χ0n) is 16.8. The van der Waals surface area contributed by atoms with E-state index >= 15 is 0 Å². The van der Waals surface area contributed by atoms with Gasteiger partial charge in [-0.3, -0.25) is 9.59 Å². The van der Waals surface area contributed by atoms with E-state index in [1.54, 1.807) is 24.3 Å². The average Bonchev–Trinajstić information content (AvgIpc) is 3.57. The van der Waals surface area contributed by atoms with Crippen LogP contribution in [0, 0.1) is 5.92 Å². The van der Waals surface area contributed by atoms with Crippen LogP contribution in [0.3, 0.4) is 0 Å². The van der Waals surface area contributed by atoms with Gasteiger partial charge in [-0.05, 0) is 56.0 Å². The number of carbonyl (C=O) groups excluding carboxylic acids is 2. The molecule has 1 saturated heterocycles. The van der Waals surface area contributed by atoms with E-state index < -0.39 is 17.7 Å². The number of pyridine rings is 1. The molecule has 164 valence electrons. The van der Waals surface area contributed by atoms with Gasteiger partial charge in [-0.25, -0.2) is 4.98 Å². The minimum atomic E-state index is -4.51. The maximum atomic E-state index is 13.4. The Morgan fingerprint density at radius 2 is 1.90 bits per heavy atom. The van der Waals surface area contributed by atoms with Crippen molar-refractivity contribution in [2.45, 2.75) is 37.9 Å². The molecule has 6 nitrogen and oxygen atoms in total. The summed E-state index contributed by atoms with van der Waals surface area (Å²) >= 11 is 0. The molecule has 2 amide bonds. The SMILES string of the molecule is O=C(NC1CC1)c1cccc(NC(=O)C2CCCN(c3ncccc3C(F)(F)F)C2)c1. The Morgan fingerprint density at radius 1 is 1.10 bits per heavy atom. The minimum absolute atomic E-state index is 0.147. The molecule has 1 aliphatic carbocycles. The molecule has 0 bridgehead atoms. The first-order valence-electron chi connectivity index (χ1n) is 10.3. The molecule has 2 fully saturated rings. The molecule has 0 radical (unpaired) electrons. The van der Waals surface area contributed by atoms with Gasteiger partial charge in [-0.2, -0.15) is 13.2 Å². The molecule has 1 atom stereocenters. The molecule has 1 saturated carbocycles. The minimum Gasteiger partial charge on any atom is -0.355 e. The molecule has 0 spiro atoms. The molecule has 1 aromatic carbocycles. The van der Waals surface area contributed by atoms with Crippen LogP contribution in [0.15, 0.2) is 42.6 Å². The summed E-state index contributed by atoms with van der Waals surface area (Å²) < 4.78 is 40.1. The number of carbonyl (C=O) groups is 2. The Hall–Kier alpha value is -3.10. The van der Waals surface area contributed by atoms with Gasteiger partial charge >= 0.3 is 6.18 Å². The van der Waals surface area contributed by atoms with E-state index in [0.29, 0.717) is 30.6 Å². The summed E-state index contributed by atoms with van der Waals surface area (Å²) in [5.74, 6) is -1.10. The van der Waals surface area contributed by atoms with Crippen LogP contribution in [0.1, 0.15) is 41.6 Å². The molecular weight excluding hydrogens is 409 g/mol. The number of piperidine rings is 1. The van der Waals surface area contributed by atoms with Crippen LogP contribution in [-0.4, -0.2) is 35.9 Å². The van der Waals surface area contributed by atoms with E-state index in [9.17, 15) is 22.8 Å². The Labute approximate surface area is 177 Å². The fourth-order valence-corrected chi connectivity index (χ4v) is 3.73. The second kappa shape index (κ2) is 8.56. The third-order valence-electron chi connectivity index (χ3n) is 5.49. The summed E-state index contributed by atoms with van der Waals surface area (Å²) in [6.07, 6.45) is -0.0831. The lowest BCUT2D eigenvalue weighted by Crippen LogP contribution is -2.42. The number of amides is 2. The fraction of sp³-hybridized carbons (Fsp3) is 0.409. The zero-order chi connectivity index (χ0) is 22.0. The first kappa shape index (κ1) is 21.1. The number of anilines is 2. The Kier molecular flexibility index (Phi) is 5.84. The quantitative estimate of drug-likeness (QED) is 0.753. The second-order valence-corrected chi connectivity index (χ2v) is 7.98. The number of nitrogens with zero attached hydrogens (tertiary/aromatic N) is 2. The van der Waals surface area contributed by atoms with E-state index in [1.165, 1.54) is 17.2 Å². The largest absolute Gasteiger partial charge is 0.419 e. The van der Waals surface area contributed by atoms with Crippen LogP contribution in [0.25, 0.3) is 0 Å². The van der Waals surface area contributed by atoms with Crippen LogP contribution < -0.4 is 15.5 Å². The predicted octanol–water partition coefficient (Wildman–Crippen LogP) is 3.85. The van der Waals surface area contributed by atoms with Gasteiger partial charge in [0.2, 0.25) is 5.91 Å². The Balaban J connectivity index is 1.44. The van der Waals surface area contributed by atoms with Crippen molar-refractivity contribution in [2.24, 2.45) is 5.92 Å². The Bertz CT molecular complexity index is 975. The number of halogens is 3. The highest BCUT2D eigenvalue weighted by Crippen LogP contribution is 2.36. The molecule has 2 N–H and O–H groups in total. The molecular formula is C22H23F3N4O2. The summed E-state index contributed by atoms with van der Waals surface area (Å²) in [6.45, 7) is 0.550. The lowest BCUT2D eigenvalue weighted by Gasteiger charge is -2.34. The monoisotopic (exact) mass is 432 g/mol. The maximum absolute atomic E-state index is 13.4. The highest BCUT2D eigenvalue weighted by molar-refractivity contribution is 5.98. The van der Waals surface area contributed by atoms with Crippen molar-refractivity contribution in [3.63, 3.8) is 0 Å². The van der Waals surface area contributed by atoms with Gasteiger partial charge in [0, 0.05) is 36.6 Å². The predicted molar refractivity (Wildman–Crippen MR) is 110 cm³/mol. The third-order valence-corrected chi connectivity index (χ3v) is 5.49. The summed E-state index contributed by atoms with van der Waals surface area (Å²) in [6, 6.07) is 9.15. The van der Waals surface area contributed by atoms with Crippen molar-refractivity contribution in [3.8, 4) is 0 Å². The Morgan fingerprint density at radius 3 is 2.65 bits per heavy atom. The van der Waals surface area contributed by atoms with Gasteiger partial charge in [-0.15, -0.1) is 0 Å². The van der Waals surface area contributed by atoms with E-state index in [0.717, 1.165) is 18.9 Å². The number of nitrogens with one attached hydrogen (secondary N) is 2. The highest BCUT2D eigenvalue weighted by atomic mass is 19.4. The molecule has 2 aliphatic rings. The normalized spacial score (nSPS) is 19.1. The van der Waals surface area contributed by atoms with Gasteiger partial charge in [-0.1, -0.05) is 6.07 Å². The lowest BCUT2D eigenvalue weighted by atomic mass is 9.96. The first-order valence-corrected chi connectivity index (χ1v) is 10.3. The summed E-state index contributed by atoms with van der Waals surface area (Å²) in [5.41, 5.74) is 0.142. The van der Waals surface area contributed by atoms with E-state index in [-0.39, 0.29) is 30.2 Å². The number of benzene rings is 1. The fourth-order valence-electron chi connectivity index (χ4n) is 3.73. The smallest absolute Gasteiger partial charge is 0.355 e. The number of aromatic nitrogens is 1. The molecule has 4 rings (SSSR count). The van der Waals surface area contributed by atoms with Crippen molar-refractivity contribution in [1.82, 2.24) is 10.3 Å². The van der Waals surface area contributed by atoms with Gasteiger partial charge < -0.3 is 15.5 Å². The number of hydrogen-bond donors (Lipinski definition) is 2. The van der Waals surface area contributed by atoms with Crippen molar-refractivity contribution in [2.75, 3.05) is 23.3 Å². The van der Waals surface area contributed by atoms with Crippen LogP contribution in [0.2, 0.25) is 0 Å². The highest BCUT2D eigenvalue weighted by Gasteiger charge is 2.37. The van der Waals surface area contributed by atoms with Crippen molar-refractivity contribution < 1.29 is 22.8 Å². The van der Waals surface area contributed by atoms with Crippen molar-refractivity contribution >= 4 is 23.3 Å². The van der Waals surface area contributed by atoms with E-state index in [4.69, 9.17) is 0 Å². The number of rotatable bonds is 5. The lowest BCUT2D eigenvalue weighted by molar-refractivity contribution is -0.137. The molecule has 9 heteroatoms. The van der Waals surface area contributed by atoms with Gasteiger partial charge in [0.25, 0.3) is 5.91 Å². The standard InChI is InChI=1S/C22H23F3N4O2/c23-22(24,25)18-7-2-10-26-19(18)29-11-3-5-15(13-29)21(31)28-17-6-1-4-14(12-17)20(30)27-16-8-9-16/h1-2,4,6-7,10,12,15-16H,3,5,8-9,11,13H2,(H,27,30)(H,28,31). The molecule has 1 unspecified atom stereocenters. The topological polar surface area (TPSA) is 74.3 Å². The molecule has 1 aliphatic heterocycles. The molecule has 1 aromatic heterocycles. The van der Waals surface area contributed by atoms with Gasteiger partial charge in [0.05, 0.1) is 11.5 Å². The van der Waals surface area contributed by atoms with Crippen molar-refractivity contribution in [3.05, 3.63) is 53.7 Å². The summed E-state index contributed by atoms with van der Waals surface area (Å²) in [4.78, 5) is 30.5. The number of hydrogen-bond acceptors (Lipinski definition) is 4. The van der Waals surface area contributed by atoms with Crippen molar-refractivity contribution in [1.29, 1.82) is 0 Å². The molecule has 2 heterocycles. The number of alkyl halides is 3. The average molecular weight is 432 g/mol. The molecule has 2 aromatic rings. The van der Waals surface area contributed by atoms with Crippen LogP contribution in [-0.2, 0) is 11.0 Å². The first-order chi connectivity index (χ1) is 14.8. The zero-order valence-corrected chi connectivity index (χ0v) is 16.8. The van der Waals surface area contributed by atoms with Crippen LogP contribution >= 0.6 is 0 Å². The van der Waals surface area contributed by atoms with E-state index in [2.05, 4.69) is 15.6 Å². The second-order valence-electron chi connectivity index (χ2n) is 7.98.